The van der Waals surface area contributed by atoms with Gasteiger partial charge in [0, 0.05) is 24.5 Å². The Morgan fingerprint density at radius 1 is 1.17 bits per heavy atom. The number of carbonyl (C=O) groups excluding carboxylic acids is 1. The lowest BCUT2D eigenvalue weighted by Gasteiger charge is -2.31. The van der Waals surface area contributed by atoms with Crippen LogP contribution in [-0.4, -0.2) is 44.5 Å². The van der Waals surface area contributed by atoms with E-state index in [0.717, 1.165) is 18.9 Å². The zero-order valence-electron chi connectivity index (χ0n) is 19.6. The van der Waals surface area contributed by atoms with Crippen LogP contribution in [0.4, 0.5) is 13.2 Å². The average Bonchev–Trinajstić information content (AvgIpc) is 3.13. The largest absolute Gasteiger partial charge is 0.481 e. The SMILES string of the molecule is Cc1cn(C(=O)c2c(Cl)ccc(CN3CCC(CC(=O)O)CC3)c2Cl)c2c(C)nc(C(F)(F)F)cc12. The third kappa shape index (κ3) is 5.23. The number of aryl methyl sites for hydroxylation is 2. The minimum atomic E-state index is -4.61. The summed E-state index contributed by atoms with van der Waals surface area (Å²) in [5.41, 5.74) is 0.543. The second-order valence-electron chi connectivity index (χ2n) is 9.19. The number of likely N-dealkylation sites (tertiary alicyclic amines) is 1. The molecule has 0 bridgehead atoms. The van der Waals surface area contributed by atoms with E-state index in [2.05, 4.69) is 9.88 Å². The van der Waals surface area contributed by atoms with E-state index in [1.165, 1.54) is 17.7 Å². The monoisotopic (exact) mass is 541 g/mol. The van der Waals surface area contributed by atoms with Crippen molar-refractivity contribution in [3.8, 4) is 0 Å². The fraction of sp³-hybridized carbons (Fsp3) is 0.400. The molecule has 0 radical (unpaired) electrons. The number of hydrogen-bond acceptors (Lipinski definition) is 4. The number of rotatable bonds is 5. The maximum atomic E-state index is 13.6. The molecule has 11 heteroatoms. The number of halogens is 5. The maximum absolute atomic E-state index is 13.6. The number of carboxylic acids is 1. The summed E-state index contributed by atoms with van der Waals surface area (Å²) in [5, 5.41) is 9.59. The Bertz CT molecular complexity index is 1350. The van der Waals surface area contributed by atoms with Gasteiger partial charge in [-0.25, -0.2) is 4.98 Å². The van der Waals surface area contributed by atoms with Gasteiger partial charge in [-0.05, 0) is 69.0 Å². The maximum Gasteiger partial charge on any atom is 0.433 e. The first-order valence-electron chi connectivity index (χ1n) is 11.4. The van der Waals surface area contributed by atoms with Crippen molar-refractivity contribution in [3.05, 3.63) is 62.5 Å². The fourth-order valence-electron chi connectivity index (χ4n) is 4.77. The van der Waals surface area contributed by atoms with Crippen LogP contribution in [0, 0.1) is 19.8 Å². The van der Waals surface area contributed by atoms with Crippen molar-refractivity contribution in [2.24, 2.45) is 5.92 Å². The number of hydrogen-bond donors (Lipinski definition) is 1. The van der Waals surface area contributed by atoms with Gasteiger partial charge < -0.3 is 5.11 Å². The molecular formula is C25H24Cl2F3N3O3. The number of piperidine rings is 1. The van der Waals surface area contributed by atoms with E-state index in [9.17, 15) is 22.8 Å². The summed E-state index contributed by atoms with van der Waals surface area (Å²) in [7, 11) is 0. The lowest BCUT2D eigenvalue weighted by molar-refractivity contribution is -0.141. The molecule has 1 N–H and O–H groups in total. The molecule has 1 aliphatic heterocycles. The molecule has 0 spiro atoms. The van der Waals surface area contributed by atoms with Crippen molar-refractivity contribution in [2.75, 3.05) is 13.1 Å². The van der Waals surface area contributed by atoms with Crippen LogP contribution in [0.15, 0.2) is 24.4 Å². The van der Waals surface area contributed by atoms with Gasteiger partial charge in [-0.3, -0.25) is 19.1 Å². The van der Waals surface area contributed by atoms with E-state index in [4.69, 9.17) is 28.3 Å². The van der Waals surface area contributed by atoms with Crippen LogP contribution in [0.25, 0.3) is 10.9 Å². The molecular weight excluding hydrogens is 518 g/mol. The van der Waals surface area contributed by atoms with Gasteiger partial charge in [-0.15, -0.1) is 0 Å². The predicted molar refractivity (Wildman–Crippen MR) is 131 cm³/mol. The van der Waals surface area contributed by atoms with Crippen LogP contribution in [0.2, 0.25) is 10.0 Å². The molecule has 3 aromatic rings. The summed E-state index contributed by atoms with van der Waals surface area (Å²) < 4.78 is 41.1. The minimum Gasteiger partial charge on any atom is -0.481 e. The number of fused-ring (bicyclic) bond motifs is 1. The quantitative estimate of drug-likeness (QED) is 0.407. The Kier molecular flexibility index (Phi) is 7.37. The first-order valence-corrected chi connectivity index (χ1v) is 12.1. The Morgan fingerprint density at radius 3 is 2.44 bits per heavy atom. The number of alkyl halides is 3. The van der Waals surface area contributed by atoms with Gasteiger partial charge in [0.2, 0.25) is 0 Å². The molecule has 1 fully saturated rings. The molecule has 0 amide bonds. The Morgan fingerprint density at radius 2 is 1.83 bits per heavy atom. The second kappa shape index (κ2) is 10.0. The fourth-order valence-corrected chi connectivity index (χ4v) is 5.37. The van der Waals surface area contributed by atoms with Crippen LogP contribution in [-0.2, 0) is 17.5 Å². The number of nitrogens with zero attached hydrogens (tertiary/aromatic N) is 3. The van der Waals surface area contributed by atoms with Gasteiger partial charge in [0.05, 0.1) is 26.8 Å². The van der Waals surface area contributed by atoms with Gasteiger partial charge in [0.25, 0.3) is 5.91 Å². The minimum absolute atomic E-state index is 0.0628. The van der Waals surface area contributed by atoms with Crippen molar-refractivity contribution in [3.63, 3.8) is 0 Å². The highest BCUT2D eigenvalue weighted by atomic mass is 35.5. The Balaban J connectivity index is 1.65. The second-order valence-corrected chi connectivity index (χ2v) is 9.97. The predicted octanol–water partition coefficient (Wildman–Crippen LogP) is 6.35. The summed E-state index contributed by atoms with van der Waals surface area (Å²) >= 11 is 13.1. The number of aromatic nitrogens is 2. The van der Waals surface area contributed by atoms with Crippen molar-refractivity contribution in [1.82, 2.24) is 14.5 Å². The molecule has 1 saturated heterocycles. The molecule has 1 aromatic carbocycles. The average molecular weight is 542 g/mol. The lowest BCUT2D eigenvalue weighted by Crippen LogP contribution is -2.34. The molecule has 0 saturated carbocycles. The third-order valence-electron chi connectivity index (χ3n) is 6.61. The molecule has 2 aromatic heterocycles. The molecule has 0 aliphatic carbocycles. The number of carboxylic acid groups (broad SMARTS) is 1. The van der Waals surface area contributed by atoms with Crippen LogP contribution in [0.3, 0.4) is 0 Å². The molecule has 1 aliphatic rings. The van der Waals surface area contributed by atoms with Crippen molar-refractivity contribution < 1.29 is 27.9 Å². The molecule has 0 unspecified atom stereocenters. The van der Waals surface area contributed by atoms with E-state index in [1.54, 1.807) is 19.1 Å². The summed E-state index contributed by atoms with van der Waals surface area (Å²) in [5.74, 6) is -1.23. The molecule has 36 heavy (non-hydrogen) atoms. The summed E-state index contributed by atoms with van der Waals surface area (Å²) in [6, 6.07) is 4.26. The van der Waals surface area contributed by atoms with E-state index >= 15 is 0 Å². The molecule has 4 rings (SSSR count). The third-order valence-corrected chi connectivity index (χ3v) is 7.36. The lowest BCUT2D eigenvalue weighted by atomic mass is 9.93. The normalized spacial score (nSPS) is 15.5. The highest BCUT2D eigenvalue weighted by Gasteiger charge is 2.34. The summed E-state index contributed by atoms with van der Waals surface area (Å²) in [4.78, 5) is 30.4. The Labute approximate surface area is 215 Å². The topological polar surface area (TPSA) is 75.4 Å². The summed E-state index contributed by atoms with van der Waals surface area (Å²) in [6.07, 6.45) is -1.49. The molecule has 3 heterocycles. The molecule has 6 nitrogen and oxygen atoms in total. The number of pyridine rings is 1. The smallest absolute Gasteiger partial charge is 0.433 e. The van der Waals surface area contributed by atoms with Gasteiger partial charge in [0.15, 0.2) is 0 Å². The molecule has 192 valence electrons. The first-order chi connectivity index (χ1) is 16.9. The van der Waals surface area contributed by atoms with Crippen molar-refractivity contribution in [2.45, 2.75) is 45.8 Å². The Hall–Kier alpha value is -2.62. The van der Waals surface area contributed by atoms with Crippen LogP contribution >= 0.6 is 23.2 Å². The van der Waals surface area contributed by atoms with Crippen LogP contribution in [0.1, 0.15) is 52.1 Å². The summed E-state index contributed by atoms with van der Waals surface area (Å²) in [6.45, 7) is 4.91. The van der Waals surface area contributed by atoms with Gasteiger partial charge in [-0.2, -0.15) is 13.2 Å². The highest BCUT2D eigenvalue weighted by Crippen LogP contribution is 2.35. The van der Waals surface area contributed by atoms with Gasteiger partial charge in [-0.1, -0.05) is 29.3 Å². The first kappa shape index (κ1) is 26.4. The van der Waals surface area contributed by atoms with Crippen LogP contribution < -0.4 is 0 Å². The van der Waals surface area contributed by atoms with Gasteiger partial charge in [0.1, 0.15) is 5.69 Å². The van der Waals surface area contributed by atoms with Crippen LogP contribution in [0.5, 0.6) is 0 Å². The number of benzene rings is 1. The molecule has 0 atom stereocenters. The van der Waals surface area contributed by atoms with E-state index in [0.29, 0.717) is 30.8 Å². The van der Waals surface area contributed by atoms with Gasteiger partial charge >= 0.3 is 12.1 Å². The zero-order valence-corrected chi connectivity index (χ0v) is 21.1. The highest BCUT2D eigenvalue weighted by molar-refractivity contribution is 6.40. The zero-order chi connectivity index (χ0) is 26.4. The van der Waals surface area contributed by atoms with E-state index < -0.39 is 23.7 Å². The standard InChI is InChI=1S/C25H24Cl2F3N3O3/c1-13-11-33(23-14(2)31-19(10-17(13)23)25(28,29)30)24(36)21-18(26)4-3-16(22(21)27)12-32-7-5-15(6-8-32)9-20(34)35/h3-4,10-11,15H,5-9,12H2,1-2H3,(H,34,35). The number of carbonyl (C=O) groups is 2. The van der Waals surface area contributed by atoms with E-state index in [1.807, 2.05) is 0 Å². The van der Waals surface area contributed by atoms with E-state index in [-0.39, 0.29) is 44.5 Å². The number of aliphatic carboxylic acids is 1. The van der Waals surface area contributed by atoms with Crippen molar-refractivity contribution >= 4 is 46.0 Å². The van der Waals surface area contributed by atoms with Crippen molar-refractivity contribution in [1.29, 1.82) is 0 Å².